The largest absolute Gasteiger partial charge is 0.465 e. The van der Waals surface area contributed by atoms with Crippen LogP contribution < -0.4 is 0 Å². The van der Waals surface area contributed by atoms with Crippen molar-refractivity contribution in [2.75, 3.05) is 27.4 Å². The molecule has 0 saturated heterocycles. The molecule has 38 heavy (non-hydrogen) atoms. The van der Waals surface area contributed by atoms with Crippen molar-refractivity contribution in [3.8, 4) is 0 Å². The summed E-state index contributed by atoms with van der Waals surface area (Å²) in [5.41, 5.74) is -0.516. The molecule has 0 aliphatic carbocycles. The van der Waals surface area contributed by atoms with Crippen molar-refractivity contribution >= 4 is 22.6 Å². The average molecular weight is 577 g/mol. The van der Waals surface area contributed by atoms with E-state index in [4.69, 9.17) is 23.1 Å². The Morgan fingerprint density at radius 1 is 0.684 bits per heavy atom. The minimum absolute atomic E-state index is 0.0484. The number of carbonyl (C=O) groups excluding carboxylic acids is 1. The summed E-state index contributed by atoms with van der Waals surface area (Å²) in [5.74, 6) is 0.244. The van der Waals surface area contributed by atoms with Gasteiger partial charge in [-0.2, -0.15) is 0 Å². The number of methoxy groups -OCH3 is 2. The summed E-state index contributed by atoms with van der Waals surface area (Å²) in [4.78, 5) is 12.3. The molecule has 0 rings (SSSR count). The van der Waals surface area contributed by atoms with Crippen LogP contribution in [-0.4, -0.2) is 68.3 Å². The predicted molar refractivity (Wildman–Crippen MR) is 165 cm³/mol. The van der Waals surface area contributed by atoms with Gasteiger partial charge >= 0.3 is 5.97 Å². The maximum absolute atomic E-state index is 12.3. The normalized spacial score (nSPS) is 18.0. The molecule has 6 nitrogen and oxygen atoms in total. The van der Waals surface area contributed by atoms with Crippen LogP contribution in [0.5, 0.6) is 0 Å². The van der Waals surface area contributed by atoms with Gasteiger partial charge in [0.25, 0.3) is 0 Å². The lowest BCUT2D eigenvalue weighted by Crippen LogP contribution is -2.53. The smallest absolute Gasteiger partial charge is 0.311 e. The van der Waals surface area contributed by atoms with Crippen molar-refractivity contribution in [2.45, 2.75) is 144 Å². The summed E-state index contributed by atoms with van der Waals surface area (Å²) in [5, 5.41) is 0.224. The van der Waals surface area contributed by atoms with Gasteiger partial charge in [0.2, 0.25) is 0 Å². The van der Waals surface area contributed by atoms with Gasteiger partial charge in [-0.3, -0.25) is 4.79 Å². The topological polar surface area (TPSA) is 63.2 Å². The van der Waals surface area contributed by atoms with Gasteiger partial charge in [-0.05, 0) is 81.7 Å². The first kappa shape index (κ1) is 37.7. The quantitative estimate of drug-likeness (QED) is 0.145. The van der Waals surface area contributed by atoms with Gasteiger partial charge in [0.15, 0.2) is 16.6 Å². The van der Waals surface area contributed by atoms with Crippen LogP contribution in [0.25, 0.3) is 0 Å². The highest BCUT2D eigenvalue weighted by atomic mass is 28.4. The second kappa shape index (κ2) is 14.6. The van der Waals surface area contributed by atoms with E-state index in [1.807, 2.05) is 20.8 Å². The summed E-state index contributed by atoms with van der Waals surface area (Å²) in [6, 6.07) is 0. The molecule has 0 aromatic rings. The number of hydrogen-bond acceptors (Lipinski definition) is 6. The summed E-state index contributed by atoms with van der Waals surface area (Å²) >= 11 is 0. The third-order valence-corrected chi connectivity index (χ3v) is 17.5. The van der Waals surface area contributed by atoms with E-state index < -0.39 is 22.0 Å². The van der Waals surface area contributed by atoms with Crippen molar-refractivity contribution in [1.82, 2.24) is 0 Å². The molecule has 0 aliphatic rings. The first-order valence-corrected chi connectivity index (χ1v) is 20.3. The molecule has 0 aromatic carbocycles. The maximum Gasteiger partial charge on any atom is 0.311 e. The SMILES string of the molecule is COC(CC(C)COC(=O)C(C)(C)C)C(O[Si](C)(C)C(C)(C)C)C(CC(C)CO[Si](C)(C)C(C)(C)C)OC. The molecule has 0 radical (unpaired) electrons. The standard InChI is InChI=1S/C30H64O6Si2/c1-22(20-34-27(31)28(3,4)5)18-24(32-12)26(36-38(16,17)30(9,10)11)25(33-13)19-23(2)21-35-37(14,15)29(6,7)8/h22-26H,18-21H2,1-17H3. The first-order valence-electron chi connectivity index (χ1n) is 14.4. The van der Waals surface area contributed by atoms with Crippen molar-refractivity contribution < 1.29 is 27.9 Å². The van der Waals surface area contributed by atoms with Crippen LogP contribution in [0.2, 0.25) is 36.3 Å². The number of rotatable bonds is 15. The minimum Gasteiger partial charge on any atom is -0.465 e. The molecular formula is C30H64O6Si2. The first-order chi connectivity index (χ1) is 16.9. The molecule has 0 aliphatic heterocycles. The Morgan fingerprint density at radius 2 is 1.08 bits per heavy atom. The van der Waals surface area contributed by atoms with Crippen LogP contribution in [0.3, 0.4) is 0 Å². The van der Waals surface area contributed by atoms with Crippen molar-refractivity contribution in [1.29, 1.82) is 0 Å². The van der Waals surface area contributed by atoms with E-state index in [1.165, 1.54) is 0 Å². The lowest BCUT2D eigenvalue weighted by molar-refractivity contribution is -0.155. The summed E-state index contributed by atoms with van der Waals surface area (Å²) in [6.07, 6.45) is 0.962. The van der Waals surface area contributed by atoms with Gasteiger partial charge < -0.3 is 23.1 Å². The van der Waals surface area contributed by atoms with E-state index in [0.717, 1.165) is 6.42 Å². The zero-order valence-corrected chi connectivity index (χ0v) is 30.2. The Labute approximate surface area is 238 Å². The maximum atomic E-state index is 12.3. The third kappa shape index (κ3) is 12.1. The molecule has 0 fully saturated rings. The lowest BCUT2D eigenvalue weighted by Gasteiger charge is -2.44. The average Bonchev–Trinajstić information content (AvgIpc) is 2.74. The van der Waals surface area contributed by atoms with Gasteiger partial charge in [-0.1, -0.05) is 55.4 Å². The second-order valence-electron chi connectivity index (χ2n) is 15.5. The highest BCUT2D eigenvalue weighted by Crippen LogP contribution is 2.40. The lowest BCUT2D eigenvalue weighted by atomic mass is 9.93. The molecule has 0 saturated carbocycles. The second-order valence-corrected chi connectivity index (χ2v) is 25.1. The fourth-order valence-corrected chi connectivity index (χ4v) is 6.04. The number of esters is 1. The van der Waals surface area contributed by atoms with E-state index in [-0.39, 0.29) is 40.3 Å². The molecule has 0 heterocycles. The number of hydrogen-bond donors (Lipinski definition) is 0. The molecule has 0 N–H and O–H groups in total. The number of ether oxygens (including phenoxy) is 3. The third-order valence-electron chi connectivity index (χ3n) is 8.49. The molecule has 0 aromatic heterocycles. The monoisotopic (exact) mass is 576 g/mol. The van der Waals surface area contributed by atoms with Gasteiger partial charge in [0.1, 0.15) is 0 Å². The Balaban J connectivity index is 5.81. The van der Waals surface area contributed by atoms with Crippen LogP contribution in [-0.2, 0) is 27.9 Å². The highest BCUT2D eigenvalue weighted by molar-refractivity contribution is 6.74. The Kier molecular flexibility index (Phi) is 14.5. The van der Waals surface area contributed by atoms with E-state index in [9.17, 15) is 4.79 Å². The summed E-state index contributed by atoms with van der Waals surface area (Å²) < 4.78 is 31.4. The van der Waals surface area contributed by atoms with Crippen LogP contribution in [0.4, 0.5) is 0 Å². The minimum atomic E-state index is -2.13. The summed E-state index contributed by atoms with van der Waals surface area (Å²) in [7, 11) is -0.445. The molecule has 0 spiro atoms. The van der Waals surface area contributed by atoms with Gasteiger partial charge in [0, 0.05) is 20.8 Å². The fraction of sp³-hybridized carbons (Fsp3) is 0.967. The van der Waals surface area contributed by atoms with Gasteiger partial charge in [-0.25, -0.2) is 0 Å². The van der Waals surface area contributed by atoms with E-state index in [1.54, 1.807) is 14.2 Å². The van der Waals surface area contributed by atoms with Crippen molar-refractivity contribution in [3.63, 3.8) is 0 Å². The van der Waals surface area contributed by atoms with Crippen LogP contribution in [0, 0.1) is 17.3 Å². The Bertz CT molecular complexity index is 703. The van der Waals surface area contributed by atoms with Gasteiger partial charge in [0.05, 0.1) is 30.3 Å². The van der Waals surface area contributed by atoms with Crippen LogP contribution in [0.15, 0.2) is 0 Å². The number of carbonyl (C=O) groups is 1. The van der Waals surface area contributed by atoms with E-state index in [0.29, 0.717) is 25.6 Å². The van der Waals surface area contributed by atoms with Crippen LogP contribution >= 0.6 is 0 Å². The molecule has 0 bridgehead atoms. The predicted octanol–water partition coefficient (Wildman–Crippen LogP) is 8.07. The molecule has 228 valence electrons. The Morgan fingerprint density at radius 3 is 1.42 bits per heavy atom. The van der Waals surface area contributed by atoms with Crippen molar-refractivity contribution in [3.05, 3.63) is 0 Å². The van der Waals surface area contributed by atoms with Crippen molar-refractivity contribution in [2.24, 2.45) is 17.3 Å². The van der Waals surface area contributed by atoms with Gasteiger partial charge in [-0.15, -0.1) is 0 Å². The molecular weight excluding hydrogens is 512 g/mol. The highest BCUT2D eigenvalue weighted by Gasteiger charge is 2.44. The Hall–Kier alpha value is -0.256. The molecule has 8 heteroatoms. The van der Waals surface area contributed by atoms with Crippen LogP contribution in [0.1, 0.15) is 89.0 Å². The fourth-order valence-electron chi connectivity index (χ4n) is 3.57. The van der Waals surface area contributed by atoms with E-state index >= 15 is 0 Å². The van der Waals surface area contributed by atoms with E-state index in [2.05, 4.69) is 81.6 Å². The summed E-state index contributed by atoms with van der Waals surface area (Å²) in [6.45, 7) is 33.8. The molecule has 5 atom stereocenters. The molecule has 0 amide bonds. The molecule has 5 unspecified atom stereocenters. The zero-order chi connectivity index (χ0) is 30.3. The zero-order valence-electron chi connectivity index (χ0n) is 28.2.